The zero-order valence-corrected chi connectivity index (χ0v) is 9.45. The van der Waals surface area contributed by atoms with E-state index in [9.17, 15) is 9.90 Å². The molecular formula is C14H10N2O2. The standard InChI is InChI=1S/C14H10N2O2/c17-14(18)13-12(10-6-2-1-3-7-10)15-11-8-4-5-9-16(11)13/h1-9H,(H,17,18). The predicted molar refractivity (Wildman–Crippen MR) is 67.6 cm³/mol. The Morgan fingerprint density at radius 2 is 1.78 bits per heavy atom. The van der Waals surface area contributed by atoms with Crippen LogP contribution in [0.2, 0.25) is 0 Å². The third kappa shape index (κ3) is 1.55. The molecule has 18 heavy (non-hydrogen) atoms. The lowest BCUT2D eigenvalue weighted by molar-refractivity contribution is 0.0690. The van der Waals surface area contributed by atoms with Crippen molar-refractivity contribution in [2.24, 2.45) is 0 Å². The molecule has 0 saturated carbocycles. The summed E-state index contributed by atoms with van der Waals surface area (Å²) in [6.45, 7) is 0. The van der Waals surface area contributed by atoms with Gasteiger partial charge in [-0.15, -0.1) is 0 Å². The molecule has 0 spiro atoms. The average molecular weight is 238 g/mol. The van der Waals surface area contributed by atoms with Crippen molar-refractivity contribution in [3.63, 3.8) is 0 Å². The number of hydrogen-bond acceptors (Lipinski definition) is 2. The van der Waals surface area contributed by atoms with Gasteiger partial charge in [-0.3, -0.25) is 4.40 Å². The molecule has 3 aromatic rings. The van der Waals surface area contributed by atoms with Gasteiger partial charge >= 0.3 is 5.97 Å². The molecular weight excluding hydrogens is 228 g/mol. The number of fused-ring (bicyclic) bond motifs is 1. The SMILES string of the molecule is O=C(O)c1c(-c2ccccc2)nc2ccccn12. The maximum atomic E-state index is 11.4. The number of rotatable bonds is 2. The minimum absolute atomic E-state index is 0.191. The van der Waals surface area contributed by atoms with Crippen LogP contribution < -0.4 is 0 Å². The molecule has 2 heterocycles. The van der Waals surface area contributed by atoms with E-state index >= 15 is 0 Å². The summed E-state index contributed by atoms with van der Waals surface area (Å²) in [6.07, 6.45) is 1.71. The Kier molecular flexibility index (Phi) is 2.34. The summed E-state index contributed by atoms with van der Waals surface area (Å²) in [6, 6.07) is 14.7. The highest BCUT2D eigenvalue weighted by atomic mass is 16.4. The summed E-state index contributed by atoms with van der Waals surface area (Å²) in [4.78, 5) is 15.8. The van der Waals surface area contributed by atoms with E-state index in [4.69, 9.17) is 0 Å². The van der Waals surface area contributed by atoms with E-state index in [2.05, 4.69) is 4.98 Å². The number of aromatic nitrogens is 2. The van der Waals surface area contributed by atoms with Crippen LogP contribution in [0.1, 0.15) is 10.5 Å². The molecule has 0 fully saturated rings. The maximum absolute atomic E-state index is 11.4. The number of hydrogen-bond donors (Lipinski definition) is 1. The smallest absolute Gasteiger partial charge is 0.355 e. The molecule has 0 saturated heterocycles. The van der Waals surface area contributed by atoms with Crippen molar-refractivity contribution in [2.45, 2.75) is 0 Å². The third-order valence-electron chi connectivity index (χ3n) is 2.78. The monoisotopic (exact) mass is 238 g/mol. The highest BCUT2D eigenvalue weighted by Gasteiger charge is 2.19. The zero-order chi connectivity index (χ0) is 12.5. The average Bonchev–Trinajstić information content (AvgIpc) is 2.79. The van der Waals surface area contributed by atoms with Gasteiger partial charge in [0.05, 0.1) is 0 Å². The second-order valence-corrected chi connectivity index (χ2v) is 3.91. The Hall–Kier alpha value is -2.62. The van der Waals surface area contributed by atoms with Gasteiger partial charge in [-0.1, -0.05) is 36.4 Å². The van der Waals surface area contributed by atoms with E-state index in [1.165, 1.54) is 0 Å². The summed E-state index contributed by atoms with van der Waals surface area (Å²) in [7, 11) is 0. The number of pyridine rings is 1. The van der Waals surface area contributed by atoms with Crippen LogP contribution in [-0.4, -0.2) is 20.5 Å². The normalized spacial score (nSPS) is 10.7. The minimum Gasteiger partial charge on any atom is -0.476 e. The van der Waals surface area contributed by atoms with Gasteiger partial charge < -0.3 is 5.11 Å². The fraction of sp³-hybridized carbons (Fsp3) is 0. The lowest BCUT2D eigenvalue weighted by atomic mass is 10.1. The van der Waals surface area contributed by atoms with Crippen LogP contribution in [0.15, 0.2) is 54.7 Å². The van der Waals surface area contributed by atoms with Gasteiger partial charge in [-0.25, -0.2) is 9.78 Å². The topological polar surface area (TPSA) is 54.6 Å². The highest BCUT2D eigenvalue weighted by Crippen LogP contribution is 2.24. The van der Waals surface area contributed by atoms with Gasteiger partial charge in [-0.05, 0) is 12.1 Å². The molecule has 2 aromatic heterocycles. The Balaban J connectivity index is 2.36. The summed E-state index contributed by atoms with van der Waals surface area (Å²) >= 11 is 0. The molecule has 0 amide bonds. The van der Waals surface area contributed by atoms with Crippen LogP contribution in [-0.2, 0) is 0 Å². The number of carbonyl (C=O) groups is 1. The lowest BCUT2D eigenvalue weighted by Gasteiger charge is -1.99. The molecule has 0 bridgehead atoms. The highest BCUT2D eigenvalue weighted by molar-refractivity contribution is 5.94. The van der Waals surface area contributed by atoms with Gasteiger partial charge in [-0.2, -0.15) is 0 Å². The number of imidazole rings is 1. The molecule has 88 valence electrons. The second kappa shape index (κ2) is 4.00. The predicted octanol–water partition coefficient (Wildman–Crippen LogP) is 2.70. The number of aromatic carboxylic acids is 1. The molecule has 4 heteroatoms. The number of benzene rings is 1. The molecule has 0 unspecified atom stereocenters. The molecule has 0 atom stereocenters. The van der Waals surface area contributed by atoms with Gasteiger partial charge in [0.2, 0.25) is 0 Å². The Bertz CT molecular complexity index is 717. The van der Waals surface area contributed by atoms with Crippen LogP contribution in [0.5, 0.6) is 0 Å². The molecule has 0 aliphatic heterocycles. The van der Waals surface area contributed by atoms with Crippen LogP contribution in [0.25, 0.3) is 16.9 Å². The first kappa shape index (κ1) is 10.5. The fourth-order valence-electron chi connectivity index (χ4n) is 2.00. The van der Waals surface area contributed by atoms with Crippen molar-refractivity contribution in [1.82, 2.24) is 9.38 Å². The summed E-state index contributed by atoms with van der Waals surface area (Å²) in [5.41, 5.74) is 2.12. The summed E-state index contributed by atoms with van der Waals surface area (Å²) < 4.78 is 1.59. The number of carboxylic acids is 1. The molecule has 4 nitrogen and oxygen atoms in total. The van der Waals surface area contributed by atoms with Crippen molar-refractivity contribution >= 4 is 11.6 Å². The summed E-state index contributed by atoms with van der Waals surface area (Å²) in [5, 5.41) is 9.35. The Morgan fingerprint density at radius 3 is 2.50 bits per heavy atom. The van der Waals surface area contributed by atoms with E-state index in [0.29, 0.717) is 11.3 Å². The van der Waals surface area contributed by atoms with Gasteiger partial charge in [0.25, 0.3) is 0 Å². The first-order valence-electron chi connectivity index (χ1n) is 5.53. The molecule has 0 radical (unpaired) electrons. The quantitative estimate of drug-likeness (QED) is 0.746. The second-order valence-electron chi connectivity index (χ2n) is 3.91. The van der Waals surface area contributed by atoms with E-state index in [1.54, 1.807) is 22.7 Å². The van der Waals surface area contributed by atoms with E-state index < -0.39 is 5.97 Å². The molecule has 1 aromatic carbocycles. The van der Waals surface area contributed by atoms with Crippen molar-refractivity contribution in [3.8, 4) is 11.3 Å². The van der Waals surface area contributed by atoms with Crippen molar-refractivity contribution < 1.29 is 9.90 Å². The minimum atomic E-state index is -0.979. The van der Waals surface area contributed by atoms with Crippen molar-refractivity contribution in [2.75, 3.05) is 0 Å². The van der Waals surface area contributed by atoms with Crippen molar-refractivity contribution in [1.29, 1.82) is 0 Å². The molecule has 0 aliphatic carbocycles. The van der Waals surface area contributed by atoms with Crippen LogP contribution >= 0.6 is 0 Å². The van der Waals surface area contributed by atoms with Crippen LogP contribution in [0, 0.1) is 0 Å². The Labute approximate surface area is 103 Å². The zero-order valence-electron chi connectivity index (χ0n) is 9.45. The van der Waals surface area contributed by atoms with Gasteiger partial charge in [0.1, 0.15) is 11.3 Å². The lowest BCUT2D eigenvalue weighted by Crippen LogP contribution is -2.03. The molecule has 3 rings (SSSR count). The number of nitrogens with zero attached hydrogens (tertiary/aromatic N) is 2. The molecule has 0 aliphatic rings. The van der Waals surface area contributed by atoms with E-state index in [0.717, 1.165) is 5.56 Å². The van der Waals surface area contributed by atoms with E-state index in [1.807, 2.05) is 36.4 Å². The maximum Gasteiger partial charge on any atom is 0.355 e. The van der Waals surface area contributed by atoms with Gasteiger partial charge in [0, 0.05) is 11.8 Å². The Morgan fingerprint density at radius 1 is 1.06 bits per heavy atom. The first-order chi connectivity index (χ1) is 8.77. The van der Waals surface area contributed by atoms with Crippen LogP contribution in [0.3, 0.4) is 0 Å². The summed E-state index contributed by atoms with van der Waals surface area (Å²) in [5.74, 6) is -0.979. The first-order valence-corrected chi connectivity index (χ1v) is 5.53. The van der Waals surface area contributed by atoms with E-state index in [-0.39, 0.29) is 5.69 Å². The number of carboxylic acid groups (broad SMARTS) is 1. The third-order valence-corrected chi connectivity index (χ3v) is 2.78. The van der Waals surface area contributed by atoms with Gasteiger partial charge in [0.15, 0.2) is 5.69 Å². The largest absolute Gasteiger partial charge is 0.476 e. The molecule has 1 N–H and O–H groups in total. The van der Waals surface area contributed by atoms with Crippen molar-refractivity contribution in [3.05, 3.63) is 60.4 Å². The fourth-order valence-corrected chi connectivity index (χ4v) is 2.00. The van der Waals surface area contributed by atoms with Crippen LogP contribution in [0.4, 0.5) is 0 Å².